The Bertz CT molecular complexity index is 297. The molecule has 18 heavy (non-hydrogen) atoms. The van der Waals surface area contributed by atoms with E-state index in [1.165, 1.54) is 18.5 Å². The van der Waals surface area contributed by atoms with E-state index in [4.69, 9.17) is 0 Å². The molecule has 1 rings (SSSR count). The molecule has 0 bridgehead atoms. The van der Waals surface area contributed by atoms with Gasteiger partial charge >= 0.3 is 0 Å². The van der Waals surface area contributed by atoms with Crippen LogP contribution in [0.1, 0.15) is 20.8 Å². The fourth-order valence-electron chi connectivity index (χ4n) is 3.87. The second-order valence-electron chi connectivity index (χ2n) is 7.74. The smallest absolute Gasteiger partial charge is 0.138 e. The van der Waals surface area contributed by atoms with E-state index in [-0.39, 0.29) is 0 Å². The molecule has 0 aromatic heterocycles. The molecule has 1 nitrogen and oxygen atoms in total. The van der Waals surface area contributed by atoms with Crippen molar-refractivity contribution in [3.05, 3.63) is 0 Å². The molecule has 0 aliphatic carbocycles. The summed E-state index contributed by atoms with van der Waals surface area (Å²) < 4.78 is 3.87. The Morgan fingerprint density at radius 3 is 1.44 bits per heavy atom. The van der Waals surface area contributed by atoms with Gasteiger partial charge in [-0.3, -0.25) is 0 Å². The summed E-state index contributed by atoms with van der Waals surface area (Å²) in [4.78, 5) is 0. The van der Waals surface area contributed by atoms with E-state index in [1.807, 2.05) is 0 Å². The first-order valence-corrected chi connectivity index (χ1v) is 17.9. The van der Waals surface area contributed by atoms with Gasteiger partial charge in [0, 0.05) is 0 Å². The van der Waals surface area contributed by atoms with Crippen molar-refractivity contribution in [2.75, 3.05) is 18.5 Å². The highest BCUT2D eigenvalue weighted by Crippen LogP contribution is 2.88. The average molecular weight is 324 g/mol. The zero-order valence-corrected chi connectivity index (χ0v) is 18.1. The van der Waals surface area contributed by atoms with Gasteiger partial charge < -0.3 is 0 Å². The zero-order valence-electron chi connectivity index (χ0n) is 14.1. The summed E-state index contributed by atoms with van der Waals surface area (Å²) in [5, 5.41) is 0. The maximum Gasteiger partial charge on any atom is 0.237 e. The van der Waals surface area contributed by atoms with E-state index < -0.39 is 23.6 Å². The predicted molar refractivity (Wildman–Crippen MR) is 99.5 cm³/mol. The molecule has 1 fully saturated rings. The van der Waals surface area contributed by atoms with Gasteiger partial charge in [0.05, 0.1) is 25.7 Å². The molecule has 0 spiro atoms. The molecule has 108 valence electrons. The molecule has 0 radical (unpaired) electrons. The van der Waals surface area contributed by atoms with Crippen LogP contribution < -0.4 is 0 Å². The van der Waals surface area contributed by atoms with Gasteiger partial charge in [-0.25, -0.2) is 0 Å². The molecule has 0 amide bonds. The summed E-state index contributed by atoms with van der Waals surface area (Å²) in [5.74, 6) is 0. The van der Waals surface area contributed by atoms with Crippen molar-refractivity contribution in [3.63, 3.8) is 0 Å². The Balaban J connectivity index is 3.27. The molecule has 1 aliphatic heterocycles. The van der Waals surface area contributed by atoms with Crippen molar-refractivity contribution in [3.8, 4) is 0 Å². The molecule has 3 unspecified atom stereocenters. The van der Waals surface area contributed by atoms with Crippen molar-refractivity contribution in [2.45, 2.75) is 64.7 Å². The fraction of sp³-hybridized carbons (Fsp3) is 1.00. The Morgan fingerprint density at radius 2 is 1.28 bits per heavy atom. The molecule has 0 aromatic carbocycles. The number of hydrogen-bond acceptors (Lipinski definition) is 1. The summed E-state index contributed by atoms with van der Waals surface area (Å²) in [7, 11) is -2.33. The van der Waals surface area contributed by atoms with E-state index in [0.29, 0.717) is 8.73 Å². The molecule has 5 heteroatoms. The molecule has 0 N–H and O–H groups in total. The fourth-order valence-corrected chi connectivity index (χ4v) is 30.6. The van der Waals surface area contributed by atoms with Gasteiger partial charge in [-0.05, 0) is 20.8 Å². The van der Waals surface area contributed by atoms with Gasteiger partial charge in [-0.15, -0.1) is 4.34 Å². The molecule has 0 aromatic rings. The molecule has 3 atom stereocenters. The van der Waals surface area contributed by atoms with Crippen molar-refractivity contribution in [2.24, 2.45) is 0 Å². The minimum Gasteiger partial charge on any atom is -0.138 e. The Kier molecular flexibility index (Phi) is 5.02. The molecule has 1 aliphatic rings. The van der Waals surface area contributed by atoms with Crippen molar-refractivity contribution in [1.29, 1.82) is 0 Å². The summed E-state index contributed by atoms with van der Waals surface area (Å²) in [5.41, 5.74) is 0. The van der Waals surface area contributed by atoms with Gasteiger partial charge in [0.2, 0.25) is 4.64 Å². The van der Waals surface area contributed by atoms with E-state index >= 15 is 0 Å². The van der Waals surface area contributed by atoms with Crippen LogP contribution in [0.4, 0.5) is 0 Å². The third kappa shape index (κ3) is 2.44. The number of nitrogens with zero attached hydrogens (tertiary/aromatic N) is 1. The minimum atomic E-state index is -1.10. The summed E-state index contributed by atoms with van der Waals surface area (Å²) in [6, 6.07) is 0. The van der Waals surface area contributed by atoms with Gasteiger partial charge in [0.15, 0.2) is 16.3 Å². The van der Waals surface area contributed by atoms with Crippen LogP contribution in [0.15, 0.2) is 0 Å². The Labute approximate surface area is 120 Å². The quantitative estimate of drug-likeness (QED) is 0.374. The molecule has 1 saturated heterocycles. The normalized spacial score (nSPS) is 30.8. The number of hydrogen-bond donors (Lipinski definition) is 0. The number of rotatable bonds is 6. The van der Waals surface area contributed by atoms with Crippen LogP contribution >= 0.6 is 16.0 Å². The Hall–Kier alpha value is 1.25. The van der Waals surface area contributed by atoms with Crippen LogP contribution in [-0.4, -0.2) is 43.8 Å². The van der Waals surface area contributed by atoms with Gasteiger partial charge in [-0.2, -0.15) is 0 Å². The summed E-state index contributed by atoms with van der Waals surface area (Å²) in [6.07, 6.45) is 4.45. The lowest BCUT2D eigenvalue weighted by Crippen LogP contribution is -2.52. The van der Waals surface area contributed by atoms with Crippen molar-refractivity contribution < 1.29 is 0 Å². The molecular weight excluding hydrogens is 288 g/mol. The minimum absolute atomic E-state index is 0.608. The van der Waals surface area contributed by atoms with E-state index in [2.05, 4.69) is 64.4 Å². The molecule has 1 heterocycles. The predicted octanol–water partition coefficient (Wildman–Crippen LogP) is 5.07. The highest BCUT2D eigenvalue weighted by molar-refractivity contribution is 7.91. The molecular formula is C13H35NP2Si2+2. The second-order valence-corrected chi connectivity index (χ2v) is 26.3. The van der Waals surface area contributed by atoms with Crippen molar-refractivity contribution >= 4 is 32.3 Å². The summed E-state index contributed by atoms with van der Waals surface area (Å²) in [6.45, 7) is 23.1. The first-order valence-electron chi connectivity index (χ1n) is 7.54. The highest BCUT2D eigenvalue weighted by Gasteiger charge is 2.84. The van der Waals surface area contributed by atoms with Crippen LogP contribution in [0.3, 0.4) is 0 Å². The maximum absolute atomic E-state index is 3.09. The monoisotopic (exact) mass is 323 g/mol. The third-order valence-corrected chi connectivity index (χ3v) is 27.8. The van der Waals surface area contributed by atoms with Crippen molar-refractivity contribution in [1.82, 2.24) is 4.34 Å². The van der Waals surface area contributed by atoms with E-state index in [1.54, 1.807) is 0 Å². The standard InChI is InChI=1S/C13H34NP2Si2/c1-10-16(11-2,12-3)13(17(4,5)6)14(15-13)18(7,8)9/h15H,10-12H2,1-9H3/q+1/p+1. The molecule has 0 saturated carbocycles. The van der Waals surface area contributed by atoms with Gasteiger partial charge in [-0.1, -0.05) is 39.3 Å². The Morgan fingerprint density at radius 1 is 0.889 bits per heavy atom. The summed E-state index contributed by atoms with van der Waals surface area (Å²) >= 11 is 0. The lowest BCUT2D eigenvalue weighted by atomic mass is 10.9. The van der Waals surface area contributed by atoms with Gasteiger partial charge in [0.1, 0.15) is 8.73 Å². The topological polar surface area (TPSA) is 3.01 Å². The van der Waals surface area contributed by atoms with Crippen LogP contribution in [-0.2, 0) is 0 Å². The average Bonchev–Trinajstić information content (AvgIpc) is 2.97. The second kappa shape index (κ2) is 5.22. The zero-order chi connectivity index (χ0) is 14.4. The largest absolute Gasteiger partial charge is 0.237 e. The van der Waals surface area contributed by atoms with Crippen LogP contribution in [0.25, 0.3) is 0 Å². The van der Waals surface area contributed by atoms with Crippen LogP contribution in [0, 0.1) is 0 Å². The first kappa shape index (κ1) is 17.3. The third-order valence-electron chi connectivity index (χ3n) is 4.97. The maximum atomic E-state index is 3.09. The lowest BCUT2D eigenvalue weighted by molar-refractivity contribution is 0.803. The SMILES string of the molecule is CC[P+](CC)(CC)C1([Si](C)(C)C)[PH2+]N1[Si](C)(C)C. The van der Waals surface area contributed by atoms with E-state index in [9.17, 15) is 0 Å². The highest BCUT2D eigenvalue weighted by atomic mass is 31.2. The van der Waals surface area contributed by atoms with Gasteiger partial charge in [0.25, 0.3) is 0 Å². The van der Waals surface area contributed by atoms with Crippen LogP contribution in [0.2, 0.25) is 39.3 Å². The van der Waals surface area contributed by atoms with Crippen LogP contribution in [0.5, 0.6) is 0 Å². The lowest BCUT2D eigenvalue weighted by Gasteiger charge is -2.37. The van der Waals surface area contributed by atoms with E-state index in [0.717, 1.165) is 4.64 Å². The first-order chi connectivity index (χ1) is 8.02.